The van der Waals surface area contributed by atoms with Crippen molar-refractivity contribution in [1.82, 2.24) is 5.43 Å². The Balaban J connectivity index is 1.85. The van der Waals surface area contributed by atoms with E-state index in [4.69, 9.17) is 9.47 Å². The van der Waals surface area contributed by atoms with Gasteiger partial charge in [0.1, 0.15) is 18.1 Å². The van der Waals surface area contributed by atoms with Crippen LogP contribution < -0.4 is 14.9 Å². The second kappa shape index (κ2) is 9.64. The molecule has 0 aliphatic rings. The molecule has 0 spiro atoms. The van der Waals surface area contributed by atoms with Gasteiger partial charge in [0.25, 0.3) is 5.91 Å². The first-order valence-electron chi connectivity index (χ1n) is 7.68. The standard InChI is InChI=1S/C19H19BrN2O3/c1-3-12-24-16-10-8-15(9-11-16)13-21-22-19(23)14(2)25-18-7-5-4-6-17(18)20/h3-11,13-14H,1,12H2,2H3,(H,22,23)/b21-13-/t14-/m1/s1. The second-order valence-corrected chi connectivity index (χ2v) is 5.95. The minimum atomic E-state index is -0.675. The van der Waals surface area contributed by atoms with Gasteiger partial charge in [-0.2, -0.15) is 5.10 Å². The first-order chi connectivity index (χ1) is 12.1. The molecule has 1 amide bonds. The molecule has 5 nitrogen and oxygen atoms in total. The maximum Gasteiger partial charge on any atom is 0.280 e. The number of nitrogens with one attached hydrogen (secondary N) is 1. The molecule has 2 aromatic carbocycles. The predicted molar refractivity (Wildman–Crippen MR) is 102 cm³/mol. The molecular weight excluding hydrogens is 384 g/mol. The normalized spacial score (nSPS) is 11.8. The van der Waals surface area contributed by atoms with E-state index in [1.807, 2.05) is 42.5 Å². The van der Waals surface area contributed by atoms with Crippen LogP contribution in [0.15, 0.2) is 70.8 Å². The average Bonchev–Trinajstić information content (AvgIpc) is 2.62. The van der Waals surface area contributed by atoms with E-state index in [1.165, 1.54) is 0 Å². The van der Waals surface area contributed by atoms with E-state index in [0.717, 1.165) is 15.8 Å². The van der Waals surface area contributed by atoms with E-state index < -0.39 is 6.10 Å². The number of halogens is 1. The predicted octanol–water partition coefficient (Wildman–Crippen LogP) is 3.93. The lowest BCUT2D eigenvalue weighted by molar-refractivity contribution is -0.127. The lowest BCUT2D eigenvalue weighted by atomic mass is 10.2. The van der Waals surface area contributed by atoms with Gasteiger partial charge in [-0.3, -0.25) is 4.79 Å². The zero-order valence-electron chi connectivity index (χ0n) is 13.8. The third-order valence-corrected chi connectivity index (χ3v) is 3.80. The van der Waals surface area contributed by atoms with Crippen molar-refractivity contribution in [3.8, 4) is 11.5 Å². The Morgan fingerprint density at radius 1 is 1.28 bits per heavy atom. The highest BCUT2D eigenvalue weighted by molar-refractivity contribution is 9.10. The van der Waals surface area contributed by atoms with Crippen molar-refractivity contribution in [3.63, 3.8) is 0 Å². The Morgan fingerprint density at radius 3 is 2.68 bits per heavy atom. The summed E-state index contributed by atoms with van der Waals surface area (Å²) in [6.07, 6.45) is 2.56. The van der Waals surface area contributed by atoms with Gasteiger partial charge in [-0.05, 0) is 64.8 Å². The number of para-hydroxylation sites is 1. The highest BCUT2D eigenvalue weighted by Crippen LogP contribution is 2.24. The highest BCUT2D eigenvalue weighted by atomic mass is 79.9. The number of carbonyl (C=O) groups is 1. The van der Waals surface area contributed by atoms with Crippen molar-refractivity contribution >= 4 is 28.1 Å². The molecule has 25 heavy (non-hydrogen) atoms. The van der Waals surface area contributed by atoms with Crippen molar-refractivity contribution in [2.75, 3.05) is 6.61 Å². The third-order valence-electron chi connectivity index (χ3n) is 3.15. The van der Waals surface area contributed by atoms with Gasteiger partial charge in [0.15, 0.2) is 6.10 Å². The lowest BCUT2D eigenvalue weighted by Gasteiger charge is -2.13. The Hall–Kier alpha value is -2.60. The van der Waals surface area contributed by atoms with Gasteiger partial charge >= 0.3 is 0 Å². The Kier molecular flexibility index (Phi) is 7.22. The van der Waals surface area contributed by atoms with Crippen LogP contribution in [0.1, 0.15) is 12.5 Å². The molecule has 1 N–H and O–H groups in total. The number of nitrogens with zero attached hydrogens (tertiary/aromatic N) is 1. The number of carbonyl (C=O) groups excluding carboxylic acids is 1. The summed E-state index contributed by atoms with van der Waals surface area (Å²) < 4.78 is 11.8. The molecule has 0 fully saturated rings. The average molecular weight is 403 g/mol. The largest absolute Gasteiger partial charge is 0.490 e. The second-order valence-electron chi connectivity index (χ2n) is 5.09. The number of hydrazone groups is 1. The van der Waals surface area contributed by atoms with Crippen LogP contribution in [0.25, 0.3) is 0 Å². The van der Waals surface area contributed by atoms with Gasteiger partial charge < -0.3 is 9.47 Å². The maximum absolute atomic E-state index is 12.0. The fraction of sp³-hybridized carbons (Fsp3) is 0.158. The number of benzene rings is 2. The fourth-order valence-corrected chi connectivity index (χ4v) is 2.23. The third kappa shape index (κ3) is 6.08. The fourth-order valence-electron chi connectivity index (χ4n) is 1.85. The van der Waals surface area contributed by atoms with Crippen LogP contribution >= 0.6 is 15.9 Å². The van der Waals surface area contributed by atoms with Crippen LogP contribution in [0.5, 0.6) is 11.5 Å². The van der Waals surface area contributed by atoms with Crippen LogP contribution in [-0.4, -0.2) is 24.8 Å². The molecule has 130 valence electrons. The van der Waals surface area contributed by atoms with E-state index in [1.54, 1.807) is 25.3 Å². The van der Waals surface area contributed by atoms with E-state index in [0.29, 0.717) is 12.4 Å². The molecule has 0 radical (unpaired) electrons. The summed E-state index contributed by atoms with van der Waals surface area (Å²) in [5.41, 5.74) is 3.30. The molecule has 0 unspecified atom stereocenters. The van der Waals surface area contributed by atoms with Crippen LogP contribution in [0.4, 0.5) is 0 Å². The minimum Gasteiger partial charge on any atom is -0.490 e. The summed E-state index contributed by atoms with van der Waals surface area (Å²) in [4.78, 5) is 12.0. The molecule has 1 atom stereocenters. The van der Waals surface area contributed by atoms with Crippen molar-refractivity contribution < 1.29 is 14.3 Å². The van der Waals surface area contributed by atoms with Crippen molar-refractivity contribution in [1.29, 1.82) is 0 Å². The Morgan fingerprint density at radius 2 is 2.00 bits per heavy atom. The van der Waals surface area contributed by atoms with Crippen LogP contribution in [-0.2, 0) is 4.79 Å². The molecular formula is C19H19BrN2O3. The van der Waals surface area contributed by atoms with Crippen LogP contribution in [0.3, 0.4) is 0 Å². The van der Waals surface area contributed by atoms with Crippen molar-refractivity contribution in [2.24, 2.45) is 5.10 Å². The molecule has 0 aromatic heterocycles. The Labute approximate surface area is 155 Å². The number of amides is 1. The quantitative estimate of drug-likeness (QED) is 0.413. The van der Waals surface area contributed by atoms with Gasteiger partial charge in [-0.1, -0.05) is 24.8 Å². The summed E-state index contributed by atoms with van der Waals surface area (Å²) in [7, 11) is 0. The molecule has 0 saturated heterocycles. The number of rotatable bonds is 8. The summed E-state index contributed by atoms with van der Waals surface area (Å²) in [5.74, 6) is 1.01. The first kappa shape index (κ1) is 18.7. The van der Waals surface area contributed by atoms with Gasteiger partial charge in [0.2, 0.25) is 0 Å². The summed E-state index contributed by atoms with van der Waals surface area (Å²) in [6.45, 7) is 5.72. The molecule has 0 bridgehead atoms. The van der Waals surface area contributed by atoms with Gasteiger partial charge in [-0.15, -0.1) is 0 Å². The van der Waals surface area contributed by atoms with Gasteiger partial charge in [0, 0.05) is 0 Å². The molecule has 0 heterocycles. The van der Waals surface area contributed by atoms with E-state index >= 15 is 0 Å². The summed E-state index contributed by atoms with van der Waals surface area (Å²) in [6, 6.07) is 14.7. The monoisotopic (exact) mass is 402 g/mol. The maximum atomic E-state index is 12.0. The summed E-state index contributed by atoms with van der Waals surface area (Å²) in [5, 5.41) is 3.95. The van der Waals surface area contributed by atoms with E-state index in [9.17, 15) is 4.79 Å². The molecule has 6 heteroatoms. The van der Waals surface area contributed by atoms with Crippen molar-refractivity contribution in [2.45, 2.75) is 13.0 Å². The zero-order chi connectivity index (χ0) is 18.1. The SMILES string of the molecule is C=CCOc1ccc(/C=N\NC(=O)[C@@H](C)Oc2ccccc2Br)cc1. The number of ether oxygens (including phenoxy) is 2. The number of hydrogen-bond donors (Lipinski definition) is 1. The molecule has 2 rings (SSSR count). The molecule has 2 aromatic rings. The van der Waals surface area contributed by atoms with E-state index in [2.05, 4.69) is 33.0 Å². The highest BCUT2D eigenvalue weighted by Gasteiger charge is 2.14. The van der Waals surface area contributed by atoms with Crippen molar-refractivity contribution in [3.05, 3.63) is 71.2 Å². The smallest absolute Gasteiger partial charge is 0.280 e. The van der Waals surface area contributed by atoms with Crippen LogP contribution in [0, 0.1) is 0 Å². The first-order valence-corrected chi connectivity index (χ1v) is 8.47. The Bertz CT molecular complexity index is 745. The van der Waals surface area contributed by atoms with Gasteiger partial charge in [-0.25, -0.2) is 5.43 Å². The van der Waals surface area contributed by atoms with E-state index in [-0.39, 0.29) is 5.91 Å². The van der Waals surface area contributed by atoms with Gasteiger partial charge in [0.05, 0.1) is 10.7 Å². The topological polar surface area (TPSA) is 59.9 Å². The zero-order valence-corrected chi connectivity index (χ0v) is 15.4. The van der Waals surface area contributed by atoms with Crippen LogP contribution in [0.2, 0.25) is 0 Å². The minimum absolute atomic E-state index is 0.335. The molecule has 0 aliphatic heterocycles. The lowest BCUT2D eigenvalue weighted by Crippen LogP contribution is -2.33. The summed E-state index contributed by atoms with van der Waals surface area (Å²) >= 11 is 3.38. The number of hydrogen-bond acceptors (Lipinski definition) is 4. The molecule has 0 saturated carbocycles. The molecule has 0 aliphatic carbocycles.